The molecule has 0 spiro atoms. The second kappa shape index (κ2) is 5.32. The molecule has 14 heavy (non-hydrogen) atoms. The van der Waals surface area contributed by atoms with Gasteiger partial charge >= 0.3 is 0 Å². The number of aliphatic hydroxyl groups is 1. The van der Waals surface area contributed by atoms with Crippen LogP contribution in [-0.2, 0) is 4.79 Å². The van der Waals surface area contributed by atoms with Crippen molar-refractivity contribution in [1.82, 2.24) is 10.6 Å². The van der Waals surface area contributed by atoms with E-state index in [-0.39, 0.29) is 24.1 Å². The number of rotatable bonds is 4. The van der Waals surface area contributed by atoms with Gasteiger partial charge in [0.15, 0.2) is 0 Å². The van der Waals surface area contributed by atoms with Crippen molar-refractivity contribution in [1.29, 1.82) is 0 Å². The Morgan fingerprint density at radius 2 is 2.21 bits per heavy atom. The first kappa shape index (κ1) is 11.5. The Morgan fingerprint density at radius 1 is 1.50 bits per heavy atom. The molecule has 1 saturated carbocycles. The highest BCUT2D eigenvalue weighted by Gasteiger charge is 2.24. The average molecular weight is 200 g/mol. The Balaban J connectivity index is 2.16. The van der Waals surface area contributed by atoms with Crippen LogP contribution in [0.5, 0.6) is 0 Å². The highest BCUT2D eigenvalue weighted by Crippen LogP contribution is 2.18. The molecule has 1 fully saturated rings. The van der Waals surface area contributed by atoms with Gasteiger partial charge in [-0.15, -0.1) is 0 Å². The van der Waals surface area contributed by atoms with Crippen LogP contribution < -0.4 is 10.6 Å². The molecule has 1 aliphatic rings. The molecule has 0 heterocycles. The van der Waals surface area contributed by atoms with Gasteiger partial charge in [0, 0.05) is 12.1 Å². The Bertz CT molecular complexity index is 195. The van der Waals surface area contributed by atoms with Crippen LogP contribution in [0.15, 0.2) is 0 Å². The number of aliphatic hydroxyl groups excluding tert-OH is 1. The Hall–Kier alpha value is -0.610. The maximum atomic E-state index is 11.3. The van der Waals surface area contributed by atoms with E-state index < -0.39 is 0 Å². The second-order valence-corrected chi connectivity index (χ2v) is 4.21. The summed E-state index contributed by atoms with van der Waals surface area (Å²) in [6.07, 6.45) is 2.59. The maximum Gasteiger partial charge on any atom is 0.234 e. The number of amides is 1. The minimum atomic E-state index is -0.276. The summed E-state index contributed by atoms with van der Waals surface area (Å²) < 4.78 is 0. The molecule has 82 valence electrons. The molecular weight excluding hydrogens is 180 g/mol. The summed E-state index contributed by atoms with van der Waals surface area (Å²) in [6.45, 7) is 4.17. The lowest BCUT2D eigenvalue weighted by atomic mass is 10.2. The summed E-state index contributed by atoms with van der Waals surface area (Å²) in [5, 5.41) is 15.4. The van der Waals surface area contributed by atoms with Gasteiger partial charge in [0.2, 0.25) is 5.91 Å². The van der Waals surface area contributed by atoms with Crippen LogP contribution in [0.3, 0.4) is 0 Å². The normalized spacial score (nSPS) is 26.9. The van der Waals surface area contributed by atoms with Gasteiger partial charge in [-0.2, -0.15) is 0 Å². The fraction of sp³-hybridized carbons (Fsp3) is 0.900. The molecule has 0 unspecified atom stereocenters. The lowest BCUT2D eigenvalue weighted by Gasteiger charge is -2.16. The first-order valence-corrected chi connectivity index (χ1v) is 5.30. The molecule has 1 aliphatic carbocycles. The summed E-state index contributed by atoms with van der Waals surface area (Å²) in [7, 11) is 0. The van der Waals surface area contributed by atoms with Crippen molar-refractivity contribution in [2.45, 2.75) is 51.3 Å². The standard InChI is InChI=1S/C10H20N2O2/c1-7(2)12-10(14)6-11-8-4-3-5-9(8)13/h7-9,11,13H,3-6H2,1-2H3,(H,12,14)/t8-,9-/m1/s1. The fourth-order valence-corrected chi connectivity index (χ4v) is 1.78. The van der Waals surface area contributed by atoms with Gasteiger partial charge < -0.3 is 15.7 Å². The molecule has 0 saturated heterocycles. The van der Waals surface area contributed by atoms with Crippen LogP contribution in [0.1, 0.15) is 33.1 Å². The molecular formula is C10H20N2O2. The molecule has 4 nitrogen and oxygen atoms in total. The van der Waals surface area contributed by atoms with Crippen LogP contribution in [0.4, 0.5) is 0 Å². The van der Waals surface area contributed by atoms with E-state index in [1.807, 2.05) is 13.8 Å². The van der Waals surface area contributed by atoms with E-state index >= 15 is 0 Å². The van der Waals surface area contributed by atoms with Crippen molar-refractivity contribution in [3.05, 3.63) is 0 Å². The molecule has 2 atom stereocenters. The van der Waals surface area contributed by atoms with E-state index in [2.05, 4.69) is 10.6 Å². The predicted octanol–water partition coefficient (Wildman–Crippen LogP) is 0.0140. The monoisotopic (exact) mass is 200 g/mol. The third-order valence-corrected chi connectivity index (χ3v) is 2.45. The maximum absolute atomic E-state index is 11.3. The number of carbonyl (C=O) groups excluding carboxylic acids is 1. The summed E-state index contributed by atoms with van der Waals surface area (Å²) >= 11 is 0. The fourth-order valence-electron chi connectivity index (χ4n) is 1.78. The number of carbonyl (C=O) groups is 1. The van der Waals surface area contributed by atoms with E-state index in [0.717, 1.165) is 19.3 Å². The first-order valence-electron chi connectivity index (χ1n) is 5.30. The third-order valence-electron chi connectivity index (χ3n) is 2.45. The SMILES string of the molecule is CC(C)NC(=O)CN[C@@H]1CCC[C@H]1O. The van der Waals surface area contributed by atoms with E-state index in [1.165, 1.54) is 0 Å². The molecule has 0 bridgehead atoms. The topological polar surface area (TPSA) is 61.4 Å². The van der Waals surface area contributed by atoms with Crippen molar-refractivity contribution in [2.24, 2.45) is 0 Å². The molecule has 0 aromatic rings. The van der Waals surface area contributed by atoms with Crippen LogP contribution in [-0.4, -0.2) is 35.7 Å². The van der Waals surface area contributed by atoms with E-state index in [9.17, 15) is 9.90 Å². The highest BCUT2D eigenvalue weighted by atomic mass is 16.3. The molecule has 4 heteroatoms. The van der Waals surface area contributed by atoms with Crippen molar-refractivity contribution < 1.29 is 9.90 Å². The molecule has 0 aromatic carbocycles. The van der Waals surface area contributed by atoms with Gasteiger partial charge in [0.05, 0.1) is 12.6 Å². The molecule has 0 aromatic heterocycles. The largest absolute Gasteiger partial charge is 0.392 e. The van der Waals surface area contributed by atoms with Crippen LogP contribution in [0, 0.1) is 0 Å². The Kier molecular flexibility index (Phi) is 4.35. The minimum absolute atomic E-state index is 0.000833. The molecule has 0 radical (unpaired) electrons. The van der Waals surface area contributed by atoms with E-state index in [1.54, 1.807) is 0 Å². The lowest BCUT2D eigenvalue weighted by molar-refractivity contribution is -0.120. The van der Waals surface area contributed by atoms with Gasteiger partial charge in [-0.3, -0.25) is 4.79 Å². The summed E-state index contributed by atoms with van der Waals surface area (Å²) in [5.74, 6) is -0.000833. The van der Waals surface area contributed by atoms with Crippen LogP contribution >= 0.6 is 0 Å². The van der Waals surface area contributed by atoms with Crippen LogP contribution in [0.25, 0.3) is 0 Å². The zero-order valence-corrected chi connectivity index (χ0v) is 8.92. The highest BCUT2D eigenvalue weighted by molar-refractivity contribution is 5.78. The van der Waals surface area contributed by atoms with Gasteiger partial charge in [-0.1, -0.05) is 0 Å². The minimum Gasteiger partial charge on any atom is -0.392 e. The summed E-state index contributed by atoms with van der Waals surface area (Å²) in [6, 6.07) is 0.283. The Labute approximate surface area is 85.1 Å². The lowest BCUT2D eigenvalue weighted by Crippen LogP contribution is -2.44. The number of hydrogen-bond donors (Lipinski definition) is 3. The quantitative estimate of drug-likeness (QED) is 0.599. The zero-order chi connectivity index (χ0) is 10.6. The van der Waals surface area contributed by atoms with E-state index in [4.69, 9.17) is 0 Å². The molecule has 1 amide bonds. The molecule has 0 aliphatic heterocycles. The van der Waals surface area contributed by atoms with Crippen molar-refractivity contribution in [2.75, 3.05) is 6.54 Å². The van der Waals surface area contributed by atoms with Gasteiger partial charge in [-0.05, 0) is 33.1 Å². The first-order chi connectivity index (χ1) is 6.59. The number of nitrogens with one attached hydrogen (secondary N) is 2. The van der Waals surface area contributed by atoms with Crippen LogP contribution in [0.2, 0.25) is 0 Å². The van der Waals surface area contributed by atoms with Gasteiger partial charge in [0.25, 0.3) is 0 Å². The predicted molar refractivity (Wildman–Crippen MR) is 54.9 cm³/mol. The molecule has 3 N–H and O–H groups in total. The smallest absolute Gasteiger partial charge is 0.234 e. The van der Waals surface area contributed by atoms with Gasteiger partial charge in [-0.25, -0.2) is 0 Å². The van der Waals surface area contributed by atoms with Crippen molar-refractivity contribution in [3.8, 4) is 0 Å². The third kappa shape index (κ3) is 3.64. The number of hydrogen-bond acceptors (Lipinski definition) is 3. The Morgan fingerprint density at radius 3 is 2.71 bits per heavy atom. The summed E-state index contributed by atoms with van der Waals surface area (Å²) in [5.41, 5.74) is 0. The van der Waals surface area contributed by atoms with Crippen molar-refractivity contribution >= 4 is 5.91 Å². The average Bonchev–Trinajstić information content (AvgIpc) is 2.46. The van der Waals surface area contributed by atoms with Gasteiger partial charge in [0.1, 0.15) is 0 Å². The zero-order valence-electron chi connectivity index (χ0n) is 8.92. The summed E-state index contributed by atoms with van der Waals surface area (Å²) in [4.78, 5) is 11.3. The van der Waals surface area contributed by atoms with Crippen molar-refractivity contribution in [3.63, 3.8) is 0 Å². The molecule has 1 rings (SSSR count). The second-order valence-electron chi connectivity index (χ2n) is 4.21. The van der Waals surface area contributed by atoms with E-state index in [0.29, 0.717) is 6.54 Å².